The smallest absolute Gasteiger partial charge is 0.175 e. The Morgan fingerprint density at radius 3 is 2.45 bits per heavy atom. The van der Waals surface area contributed by atoms with Crippen molar-refractivity contribution in [3.63, 3.8) is 0 Å². The van der Waals surface area contributed by atoms with E-state index in [-0.39, 0.29) is 0 Å². The largest absolute Gasteiger partial charge is 0.368 e. The molecule has 1 saturated carbocycles. The molecule has 31 heavy (non-hydrogen) atoms. The molecule has 1 saturated heterocycles. The van der Waals surface area contributed by atoms with Gasteiger partial charge in [-0.1, -0.05) is 6.07 Å². The van der Waals surface area contributed by atoms with E-state index in [2.05, 4.69) is 44.1 Å². The summed E-state index contributed by atoms with van der Waals surface area (Å²) in [7, 11) is -1.17. The minimum Gasteiger partial charge on any atom is -0.368 e. The SMILES string of the molecule is CNC1CC(n2ccc3ccc(N4CCN(c5cccc(S(C)(=O)=O)c5)CC4)nc32)C1. The summed E-state index contributed by atoms with van der Waals surface area (Å²) in [6.45, 7) is 3.38. The average molecular weight is 440 g/mol. The fourth-order valence-electron chi connectivity index (χ4n) is 4.64. The second-order valence-corrected chi connectivity index (χ2v) is 10.7. The van der Waals surface area contributed by atoms with Gasteiger partial charge in [-0.3, -0.25) is 0 Å². The van der Waals surface area contributed by atoms with Crippen LogP contribution in [0.1, 0.15) is 18.9 Å². The molecule has 164 valence electrons. The Labute approximate surface area is 183 Å². The molecule has 7 nitrogen and oxygen atoms in total. The van der Waals surface area contributed by atoms with Crippen molar-refractivity contribution in [1.29, 1.82) is 0 Å². The third-order valence-corrected chi connectivity index (χ3v) is 7.79. The monoisotopic (exact) mass is 439 g/mol. The molecule has 1 aliphatic heterocycles. The highest BCUT2D eigenvalue weighted by molar-refractivity contribution is 7.90. The molecule has 0 atom stereocenters. The lowest BCUT2D eigenvalue weighted by atomic mass is 9.87. The van der Waals surface area contributed by atoms with E-state index in [1.165, 1.54) is 11.6 Å². The average Bonchev–Trinajstić information content (AvgIpc) is 3.16. The van der Waals surface area contributed by atoms with E-state index >= 15 is 0 Å². The van der Waals surface area contributed by atoms with Crippen molar-refractivity contribution in [2.24, 2.45) is 0 Å². The third-order valence-electron chi connectivity index (χ3n) is 6.68. The van der Waals surface area contributed by atoms with Gasteiger partial charge in [-0.05, 0) is 56.3 Å². The molecule has 0 radical (unpaired) electrons. The number of benzene rings is 1. The standard InChI is InChI=1S/C23H29N5O2S/c1-24-18-14-20(15-18)28-9-8-17-6-7-22(25-23(17)28)27-12-10-26(11-13-27)19-4-3-5-21(16-19)31(2,29)30/h3-9,16,18,20,24H,10-15H2,1-2H3. The number of sulfone groups is 1. The summed E-state index contributed by atoms with van der Waals surface area (Å²) in [6.07, 6.45) is 5.73. The van der Waals surface area contributed by atoms with Crippen LogP contribution >= 0.6 is 0 Å². The Balaban J connectivity index is 1.31. The van der Waals surface area contributed by atoms with Crippen molar-refractivity contribution in [3.05, 3.63) is 48.7 Å². The molecule has 0 unspecified atom stereocenters. The number of pyridine rings is 1. The summed E-state index contributed by atoms with van der Waals surface area (Å²) in [5, 5.41) is 4.54. The molecule has 3 heterocycles. The summed E-state index contributed by atoms with van der Waals surface area (Å²) in [6, 6.07) is 14.8. The highest BCUT2D eigenvalue weighted by Gasteiger charge is 2.30. The van der Waals surface area contributed by atoms with Gasteiger partial charge in [0.05, 0.1) is 4.90 Å². The Hall–Kier alpha value is -2.58. The fraction of sp³-hybridized carbons (Fsp3) is 0.435. The molecule has 5 rings (SSSR count). The minimum atomic E-state index is -3.20. The number of aromatic nitrogens is 2. The normalized spacial score (nSPS) is 22.0. The van der Waals surface area contributed by atoms with Gasteiger partial charge in [-0.2, -0.15) is 0 Å². The summed E-state index contributed by atoms with van der Waals surface area (Å²) in [5.74, 6) is 1.02. The van der Waals surface area contributed by atoms with Crippen molar-refractivity contribution in [2.75, 3.05) is 49.3 Å². The van der Waals surface area contributed by atoms with Gasteiger partial charge in [0.2, 0.25) is 0 Å². The first kappa shape index (κ1) is 20.3. The molecular weight excluding hydrogens is 410 g/mol. The molecule has 1 N–H and O–H groups in total. The molecule has 2 aromatic heterocycles. The molecule has 8 heteroatoms. The van der Waals surface area contributed by atoms with E-state index in [1.807, 2.05) is 19.2 Å². The van der Waals surface area contributed by atoms with Gasteiger partial charge in [-0.25, -0.2) is 13.4 Å². The van der Waals surface area contributed by atoms with E-state index in [4.69, 9.17) is 4.98 Å². The predicted molar refractivity (Wildman–Crippen MR) is 125 cm³/mol. The zero-order valence-corrected chi connectivity index (χ0v) is 18.8. The van der Waals surface area contributed by atoms with Crippen LogP contribution in [0.15, 0.2) is 53.6 Å². The predicted octanol–water partition coefficient (Wildman–Crippen LogP) is 2.69. The number of rotatable bonds is 5. The zero-order chi connectivity index (χ0) is 21.6. The Kier molecular flexibility index (Phi) is 5.14. The maximum absolute atomic E-state index is 11.9. The lowest BCUT2D eigenvalue weighted by Gasteiger charge is -2.37. The number of hydrogen-bond donors (Lipinski definition) is 1. The molecule has 2 aliphatic rings. The van der Waals surface area contributed by atoms with E-state index in [1.54, 1.807) is 12.1 Å². The van der Waals surface area contributed by atoms with Crippen molar-refractivity contribution in [2.45, 2.75) is 29.8 Å². The van der Waals surface area contributed by atoms with Gasteiger partial charge >= 0.3 is 0 Å². The quantitative estimate of drug-likeness (QED) is 0.659. The minimum absolute atomic E-state index is 0.372. The van der Waals surface area contributed by atoms with E-state index < -0.39 is 9.84 Å². The van der Waals surface area contributed by atoms with Gasteiger partial charge < -0.3 is 19.7 Å². The Bertz CT molecular complexity index is 1190. The second-order valence-electron chi connectivity index (χ2n) is 8.66. The van der Waals surface area contributed by atoms with E-state index in [0.29, 0.717) is 17.0 Å². The van der Waals surface area contributed by atoms with E-state index in [9.17, 15) is 8.42 Å². The zero-order valence-electron chi connectivity index (χ0n) is 18.0. The van der Waals surface area contributed by atoms with Crippen LogP contribution in [0.5, 0.6) is 0 Å². The summed E-state index contributed by atoms with van der Waals surface area (Å²) < 4.78 is 26.1. The molecular formula is C23H29N5O2S. The molecule has 0 amide bonds. The fourth-order valence-corrected chi connectivity index (χ4v) is 5.30. The Morgan fingerprint density at radius 1 is 1.00 bits per heavy atom. The maximum Gasteiger partial charge on any atom is 0.175 e. The summed E-state index contributed by atoms with van der Waals surface area (Å²) in [5.41, 5.74) is 2.03. The first-order valence-corrected chi connectivity index (χ1v) is 12.8. The van der Waals surface area contributed by atoms with Crippen LogP contribution in [0.2, 0.25) is 0 Å². The molecule has 1 aliphatic carbocycles. The lowest BCUT2D eigenvalue weighted by molar-refractivity contribution is 0.240. The van der Waals surface area contributed by atoms with Gasteiger partial charge in [0.1, 0.15) is 11.5 Å². The molecule has 3 aromatic rings. The molecule has 1 aromatic carbocycles. The number of nitrogens with one attached hydrogen (secondary N) is 1. The number of fused-ring (bicyclic) bond motifs is 1. The lowest BCUT2D eigenvalue weighted by Crippen LogP contribution is -2.46. The first-order chi connectivity index (χ1) is 14.9. The van der Waals surface area contributed by atoms with Crippen LogP contribution in [0, 0.1) is 0 Å². The molecule has 0 bridgehead atoms. The van der Waals surface area contributed by atoms with Gasteiger partial charge in [0.25, 0.3) is 0 Å². The number of anilines is 2. The van der Waals surface area contributed by atoms with Crippen molar-refractivity contribution in [1.82, 2.24) is 14.9 Å². The van der Waals surface area contributed by atoms with Crippen LogP contribution in [-0.4, -0.2) is 63.5 Å². The molecule has 0 spiro atoms. The highest BCUT2D eigenvalue weighted by atomic mass is 32.2. The number of hydrogen-bond acceptors (Lipinski definition) is 6. The van der Waals surface area contributed by atoms with Crippen LogP contribution < -0.4 is 15.1 Å². The molecule has 2 fully saturated rings. The van der Waals surface area contributed by atoms with Crippen LogP contribution in [0.3, 0.4) is 0 Å². The number of piperazine rings is 1. The summed E-state index contributed by atoms with van der Waals surface area (Å²) in [4.78, 5) is 9.97. The first-order valence-electron chi connectivity index (χ1n) is 10.9. The maximum atomic E-state index is 11.9. The van der Waals surface area contributed by atoms with Crippen LogP contribution in [0.4, 0.5) is 11.5 Å². The van der Waals surface area contributed by atoms with Crippen molar-refractivity contribution < 1.29 is 8.42 Å². The number of nitrogens with zero attached hydrogens (tertiary/aromatic N) is 4. The Morgan fingerprint density at radius 2 is 1.74 bits per heavy atom. The third kappa shape index (κ3) is 3.90. The van der Waals surface area contributed by atoms with Gasteiger partial charge in [-0.15, -0.1) is 0 Å². The van der Waals surface area contributed by atoms with Gasteiger partial charge in [0.15, 0.2) is 9.84 Å². The highest BCUT2D eigenvalue weighted by Crippen LogP contribution is 2.35. The van der Waals surface area contributed by atoms with Crippen molar-refractivity contribution in [3.8, 4) is 0 Å². The second kappa shape index (κ2) is 7.84. The van der Waals surface area contributed by atoms with E-state index in [0.717, 1.165) is 56.2 Å². The van der Waals surface area contributed by atoms with Crippen molar-refractivity contribution >= 4 is 32.4 Å². The van der Waals surface area contributed by atoms with Crippen LogP contribution in [-0.2, 0) is 9.84 Å². The van der Waals surface area contributed by atoms with Gasteiger partial charge in [0, 0.05) is 61.8 Å². The van der Waals surface area contributed by atoms with Crippen LogP contribution in [0.25, 0.3) is 11.0 Å². The summed E-state index contributed by atoms with van der Waals surface area (Å²) >= 11 is 0. The topological polar surface area (TPSA) is 70.5 Å².